The van der Waals surface area contributed by atoms with Crippen LogP contribution in [0.15, 0.2) is 72.8 Å². The number of aromatic nitrogens is 1. The van der Waals surface area contributed by atoms with E-state index in [1.165, 1.54) is 6.07 Å². The summed E-state index contributed by atoms with van der Waals surface area (Å²) in [5, 5.41) is 11.2. The van der Waals surface area contributed by atoms with E-state index in [2.05, 4.69) is 4.98 Å². The van der Waals surface area contributed by atoms with Crippen molar-refractivity contribution in [2.75, 3.05) is 0 Å². The summed E-state index contributed by atoms with van der Waals surface area (Å²) < 4.78 is 11.6. The lowest BCUT2D eigenvalue weighted by molar-refractivity contribution is 0.0694. The summed E-state index contributed by atoms with van der Waals surface area (Å²) in [6, 6.07) is 21.5. The molecule has 4 rings (SSSR count). The monoisotopic (exact) mass is 453 g/mol. The fourth-order valence-corrected chi connectivity index (χ4v) is 3.55. The van der Waals surface area contributed by atoms with Gasteiger partial charge >= 0.3 is 5.97 Å². The summed E-state index contributed by atoms with van der Waals surface area (Å²) in [7, 11) is 0. The Bertz CT molecular complexity index is 1260. The van der Waals surface area contributed by atoms with Crippen LogP contribution in [0.1, 0.15) is 21.6 Å². The maximum absolute atomic E-state index is 11.5. The maximum Gasteiger partial charge on any atom is 0.337 e. The summed E-state index contributed by atoms with van der Waals surface area (Å²) in [5.41, 5.74) is 2.11. The van der Waals surface area contributed by atoms with E-state index in [1.54, 1.807) is 30.3 Å². The van der Waals surface area contributed by atoms with Crippen molar-refractivity contribution < 1.29 is 19.4 Å². The van der Waals surface area contributed by atoms with Crippen LogP contribution in [0.5, 0.6) is 11.5 Å². The minimum atomic E-state index is -1.09. The van der Waals surface area contributed by atoms with Crippen LogP contribution < -0.4 is 9.47 Å². The third-order valence-electron chi connectivity index (χ3n) is 4.61. The number of rotatable bonds is 7. The first-order valence-electron chi connectivity index (χ1n) is 9.41. The van der Waals surface area contributed by atoms with Gasteiger partial charge in [0.25, 0.3) is 0 Å². The number of ether oxygens (including phenoxy) is 2. The molecule has 0 unspecified atom stereocenters. The topological polar surface area (TPSA) is 68.7 Å². The summed E-state index contributed by atoms with van der Waals surface area (Å²) in [4.78, 5) is 16.0. The smallest absolute Gasteiger partial charge is 0.337 e. The highest BCUT2D eigenvalue weighted by Crippen LogP contribution is 2.25. The van der Waals surface area contributed by atoms with Gasteiger partial charge in [0.1, 0.15) is 24.7 Å². The number of carboxylic acids is 1. The van der Waals surface area contributed by atoms with Crippen LogP contribution in [0.3, 0.4) is 0 Å². The quantitative estimate of drug-likeness (QED) is 0.350. The Balaban J connectivity index is 1.43. The van der Waals surface area contributed by atoms with E-state index in [0.717, 1.165) is 16.6 Å². The average molecular weight is 454 g/mol. The Hall–Kier alpha value is -3.28. The van der Waals surface area contributed by atoms with E-state index in [4.69, 9.17) is 32.7 Å². The minimum absolute atomic E-state index is 0.0408. The third-order valence-corrected chi connectivity index (χ3v) is 5.16. The van der Waals surface area contributed by atoms with E-state index < -0.39 is 5.97 Å². The van der Waals surface area contributed by atoms with Gasteiger partial charge in [0.2, 0.25) is 0 Å². The average Bonchev–Trinajstić information content (AvgIpc) is 2.76. The second kappa shape index (κ2) is 9.25. The molecular weight excluding hydrogens is 437 g/mol. The van der Waals surface area contributed by atoms with Crippen molar-refractivity contribution >= 4 is 40.1 Å². The molecule has 156 valence electrons. The van der Waals surface area contributed by atoms with Crippen molar-refractivity contribution in [1.29, 1.82) is 0 Å². The van der Waals surface area contributed by atoms with Gasteiger partial charge in [-0.3, -0.25) is 0 Å². The predicted octanol–water partition coefficient (Wildman–Crippen LogP) is 6.40. The first-order chi connectivity index (χ1) is 15.0. The van der Waals surface area contributed by atoms with Gasteiger partial charge in [-0.25, -0.2) is 9.78 Å². The number of benzene rings is 3. The largest absolute Gasteiger partial charge is 0.489 e. The number of hydrogen-bond donors (Lipinski definition) is 1. The highest BCUT2D eigenvalue weighted by Gasteiger charge is 2.14. The van der Waals surface area contributed by atoms with Crippen molar-refractivity contribution in [1.82, 2.24) is 4.98 Å². The zero-order valence-electron chi connectivity index (χ0n) is 16.2. The number of nitrogens with zero attached hydrogens (tertiary/aromatic N) is 1. The number of aromatic carboxylic acids is 1. The molecule has 1 N–H and O–H groups in total. The SMILES string of the molecule is O=C(O)c1c(Cl)cccc1COc1cccc(OCc2ccc3ccc(Cl)cc3n2)c1. The zero-order chi connectivity index (χ0) is 21.8. The second-order valence-corrected chi connectivity index (χ2v) is 7.61. The molecule has 1 aromatic heterocycles. The first-order valence-corrected chi connectivity index (χ1v) is 10.2. The van der Waals surface area contributed by atoms with Gasteiger partial charge in [0.05, 0.1) is 21.8 Å². The molecule has 0 saturated heterocycles. The number of carbonyl (C=O) groups is 1. The summed E-state index contributed by atoms with van der Waals surface area (Å²) in [6.07, 6.45) is 0. The first kappa shape index (κ1) is 21.0. The van der Waals surface area contributed by atoms with Crippen LogP contribution in [0, 0.1) is 0 Å². The Morgan fingerprint density at radius 3 is 2.35 bits per heavy atom. The Labute approximate surface area is 188 Å². The van der Waals surface area contributed by atoms with Crippen molar-refractivity contribution in [3.05, 3.63) is 99.7 Å². The van der Waals surface area contributed by atoms with Crippen molar-refractivity contribution in [3.8, 4) is 11.5 Å². The highest BCUT2D eigenvalue weighted by molar-refractivity contribution is 6.33. The van der Waals surface area contributed by atoms with Crippen LogP contribution in [0.4, 0.5) is 0 Å². The van der Waals surface area contributed by atoms with Crippen LogP contribution in [-0.4, -0.2) is 16.1 Å². The van der Waals surface area contributed by atoms with Crippen molar-refractivity contribution in [2.45, 2.75) is 13.2 Å². The van der Waals surface area contributed by atoms with E-state index in [0.29, 0.717) is 22.1 Å². The Kier molecular flexibility index (Phi) is 6.26. The number of fused-ring (bicyclic) bond motifs is 1. The van der Waals surface area contributed by atoms with Gasteiger partial charge in [-0.2, -0.15) is 0 Å². The van der Waals surface area contributed by atoms with Gasteiger partial charge in [0, 0.05) is 22.0 Å². The molecule has 4 aromatic rings. The molecular formula is C24H17Cl2NO4. The molecule has 0 aliphatic rings. The second-order valence-electron chi connectivity index (χ2n) is 6.77. The normalized spacial score (nSPS) is 10.8. The van der Waals surface area contributed by atoms with E-state index in [9.17, 15) is 9.90 Å². The number of halogens is 2. The van der Waals surface area contributed by atoms with Gasteiger partial charge < -0.3 is 14.6 Å². The van der Waals surface area contributed by atoms with Gasteiger partial charge in [-0.1, -0.05) is 53.5 Å². The number of pyridine rings is 1. The molecule has 0 radical (unpaired) electrons. The third kappa shape index (κ3) is 5.08. The van der Waals surface area contributed by atoms with Crippen LogP contribution in [-0.2, 0) is 13.2 Å². The molecule has 0 fully saturated rings. The standard InChI is InChI=1S/C24H17Cl2NO4/c25-17-9-7-15-8-10-18(27-22(15)11-17)14-31-20-5-2-4-19(12-20)30-13-16-3-1-6-21(26)23(16)24(28)29/h1-12H,13-14H2,(H,28,29). The van der Waals surface area contributed by atoms with Crippen LogP contribution in [0.25, 0.3) is 10.9 Å². The maximum atomic E-state index is 11.5. The van der Waals surface area contributed by atoms with E-state index in [1.807, 2.05) is 36.4 Å². The fourth-order valence-electron chi connectivity index (χ4n) is 3.11. The summed E-state index contributed by atoms with van der Waals surface area (Å²) in [6.45, 7) is 0.349. The number of hydrogen-bond acceptors (Lipinski definition) is 4. The Morgan fingerprint density at radius 2 is 1.58 bits per heavy atom. The molecule has 3 aromatic carbocycles. The fraction of sp³-hybridized carbons (Fsp3) is 0.0833. The summed E-state index contributed by atoms with van der Waals surface area (Å²) in [5.74, 6) is 0.0626. The van der Waals surface area contributed by atoms with Crippen molar-refractivity contribution in [3.63, 3.8) is 0 Å². The lowest BCUT2D eigenvalue weighted by atomic mass is 10.1. The molecule has 0 atom stereocenters. The molecule has 31 heavy (non-hydrogen) atoms. The lowest BCUT2D eigenvalue weighted by Gasteiger charge is -2.12. The van der Waals surface area contributed by atoms with Crippen LogP contribution in [0.2, 0.25) is 10.0 Å². The highest BCUT2D eigenvalue weighted by atomic mass is 35.5. The van der Waals surface area contributed by atoms with E-state index >= 15 is 0 Å². The van der Waals surface area contributed by atoms with Gasteiger partial charge in [-0.15, -0.1) is 0 Å². The molecule has 0 aliphatic heterocycles. The summed E-state index contributed by atoms with van der Waals surface area (Å²) >= 11 is 12.1. The van der Waals surface area contributed by atoms with Crippen molar-refractivity contribution in [2.24, 2.45) is 0 Å². The molecule has 1 heterocycles. The molecule has 0 saturated carbocycles. The minimum Gasteiger partial charge on any atom is -0.489 e. The van der Waals surface area contributed by atoms with Crippen LogP contribution >= 0.6 is 23.2 Å². The molecule has 5 nitrogen and oxygen atoms in total. The molecule has 0 bridgehead atoms. The van der Waals surface area contributed by atoms with E-state index in [-0.39, 0.29) is 23.8 Å². The molecule has 0 aliphatic carbocycles. The lowest BCUT2D eigenvalue weighted by Crippen LogP contribution is -2.06. The number of carboxylic acid groups (broad SMARTS) is 1. The van der Waals surface area contributed by atoms with Gasteiger partial charge in [-0.05, 0) is 36.4 Å². The zero-order valence-corrected chi connectivity index (χ0v) is 17.7. The Morgan fingerprint density at radius 1 is 0.871 bits per heavy atom. The predicted molar refractivity (Wildman–Crippen MR) is 120 cm³/mol. The van der Waals surface area contributed by atoms with Gasteiger partial charge in [0.15, 0.2) is 0 Å². The molecule has 7 heteroatoms. The molecule has 0 spiro atoms. The molecule has 0 amide bonds.